The summed E-state index contributed by atoms with van der Waals surface area (Å²) in [6.45, 7) is 1.72. The minimum Gasteiger partial charge on any atom is -0.480 e. The molecule has 0 spiro atoms. The van der Waals surface area contributed by atoms with Crippen molar-refractivity contribution in [1.82, 2.24) is 0 Å². The predicted molar refractivity (Wildman–Crippen MR) is 42.7 cm³/mol. The van der Waals surface area contributed by atoms with E-state index in [1.165, 1.54) is 6.26 Å². The van der Waals surface area contributed by atoms with Crippen LogP contribution in [0.4, 0.5) is 0 Å². The molecule has 1 aromatic heterocycles. The molecule has 0 amide bonds. The molecule has 4 heteroatoms. The Morgan fingerprint density at radius 1 is 1.75 bits per heavy atom. The fourth-order valence-electron chi connectivity index (χ4n) is 0.941. The van der Waals surface area contributed by atoms with Gasteiger partial charge in [-0.25, -0.2) is 0 Å². The first-order valence-electron chi connectivity index (χ1n) is 3.64. The SMILES string of the molecule is CC(c1ccco1)C(N)C(=O)O. The van der Waals surface area contributed by atoms with Gasteiger partial charge in [0.2, 0.25) is 0 Å². The lowest BCUT2D eigenvalue weighted by Gasteiger charge is -2.12. The van der Waals surface area contributed by atoms with E-state index in [-0.39, 0.29) is 5.92 Å². The van der Waals surface area contributed by atoms with Crippen molar-refractivity contribution in [2.24, 2.45) is 5.73 Å². The van der Waals surface area contributed by atoms with Crippen LogP contribution in [0.5, 0.6) is 0 Å². The average Bonchev–Trinajstić information content (AvgIpc) is 2.53. The Balaban J connectivity index is 2.71. The fourth-order valence-corrected chi connectivity index (χ4v) is 0.941. The van der Waals surface area contributed by atoms with E-state index in [0.29, 0.717) is 5.76 Å². The van der Waals surface area contributed by atoms with Crippen LogP contribution in [-0.4, -0.2) is 17.1 Å². The van der Waals surface area contributed by atoms with Crippen LogP contribution in [0.25, 0.3) is 0 Å². The van der Waals surface area contributed by atoms with Gasteiger partial charge in [-0.1, -0.05) is 6.92 Å². The first-order chi connectivity index (χ1) is 5.63. The molecule has 66 valence electrons. The smallest absolute Gasteiger partial charge is 0.321 e. The van der Waals surface area contributed by atoms with Crippen molar-refractivity contribution >= 4 is 5.97 Å². The third-order valence-electron chi connectivity index (χ3n) is 1.82. The third-order valence-corrected chi connectivity index (χ3v) is 1.82. The van der Waals surface area contributed by atoms with E-state index >= 15 is 0 Å². The predicted octanol–water partition coefficient (Wildman–Crippen LogP) is 0.795. The number of hydrogen-bond donors (Lipinski definition) is 2. The Hall–Kier alpha value is -1.29. The second-order valence-corrected chi connectivity index (χ2v) is 2.67. The summed E-state index contributed by atoms with van der Waals surface area (Å²) in [5, 5.41) is 8.58. The number of carboxylic acids is 1. The lowest BCUT2D eigenvalue weighted by molar-refractivity contribution is -0.139. The molecule has 12 heavy (non-hydrogen) atoms. The molecule has 1 aromatic rings. The van der Waals surface area contributed by atoms with E-state index in [2.05, 4.69) is 0 Å². The summed E-state index contributed by atoms with van der Waals surface area (Å²) in [5.41, 5.74) is 5.39. The van der Waals surface area contributed by atoms with Crippen LogP contribution in [0.2, 0.25) is 0 Å². The molecule has 1 rings (SSSR count). The number of hydrogen-bond acceptors (Lipinski definition) is 3. The van der Waals surface area contributed by atoms with Crippen LogP contribution in [-0.2, 0) is 4.79 Å². The third kappa shape index (κ3) is 1.65. The molecule has 0 aliphatic heterocycles. The average molecular weight is 169 g/mol. The Bertz CT molecular complexity index is 255. The summed E-state index contributed by atoms with van der Waals surface area (Å²) in [6, 6.07) is 2.52. The number of rotatable bonds is 3. The van der Waals surface area contributed by atoms with Gasteiger partial charge in [-0.3, -0.25) is 4.79 Å². The van der Waals surface area contributed by atoms with Gasteiger partial charge in [0.05, 0.1) is 6.26 Å². The van der Waals surface area contributed by atoms with Crippen molar-refractivity contribution in [3.05, 3.63) is 24.2 Å². The molecule has 3 N–H and O–H groups in total. The maximum Gasteiger partial charge on any atom is 0.321 e. The zero-order chi connectivity index (χ0) is 9.14. The standard InChI is InChI=1S/C8H11NO3/c1-5(7(9)8(10)11)6-3-2-4-12-6/h2-5,7H,9H2,1H3,(H,10,11). The molecule has 0 saturated heterocycles. The second-order valence-electron chi connectivity index (χ2n) is 2.67. The molecular formula is C8H11NO3. The highest BCUT2D eigenvalue weighted by atomic mass is 16.4. The van der Waals surface area contributed by atoms with Gasteiger partial charge in [-0.2, -0.15) is 0 Å². The molecule has 0 aromatic carbocycles. The molecular weight excluding hydrogens is 158 g/mol. The molecule has 0 radical (unpaired) electrons. The van der Waals surface area contributed by atoms with Gasteiger partial charge < -0.3 is 15.3 Å². The molecule has 0 saturated carbocycles. The van der Waals surface area contributed by atoms with E-state index in [0.717, 1.165) is 0 Å². The Kier molecular flexibility index (Phi) is 2.50. The van der Waals surface area contributed by atoms with Crippen molar-refractivity contribution < 1.29 is 14.3 Å². The van der Waals surface area contributed by atoms with Crippen LogP contribution in [0.1, 0.15) is 18.6 Å². The van der Waals surface area contributed by atoms with Gasteiger partial charge >= 0.3 is 5.97 Å². The van der Waals surface area contributed by atoms with Crippen LogP contribution in [0.15, 0.2) is 22.8 Å². The lowest BCUT2D eigenvalue weighted by Crippen LogP contribution is -2.35. The normalized spacial score (nSPS) is 15.5. The van der Waals surface area contributed by atoms with E-state index in [4.69, 9.17) is 15.3 Å². The Labute approximate surface area is 70.0 Å². The molecule has 1 heterocycles. The van der Waals surface area contributed by atoms with Gasteiger partial charge in [0, 0.05) is 5.92 Å². The topological polar surface area (TPSA) is 76.5 Å². The molecule has 2 atom stereocenters. The summed E-state index contributed by atoms with van der Waals surface area (Å²) in [6.07, 6.45) is 1.50. The second kappa shape index (κ2) is 3.40. The summed E-state index contributed by atoms with van der Waals surface area (Å²) in [4.78, 5) is 10.5. The number of carboxylic acid groups (broad SMARTS) is 1. The molecule has 2 unspecified atom stereocenters. The molecule has 0 aliphatic carbocycles. The van der Waals surface area contributed by atoms with Gasteiger partial charge in [-0.15, -0.1) is 0 Å². The maximum atomic E-state index is 10.5. The minimum absolute atomic E-state index is 0.294. The van der Waals surface area contributed by atoms with Crippen LogP contribution < -0.4 is 5.73 Å². The summed E-state index contributed by atoms with van der Waals surface area (Å²) >= 11 is 0. The molecule has 0 fully saturated rings. The van der Waals surface area contributed by atoms with E-state index < -0.39 is 12.0 Å². The summed E-state index contributed by atoms with van der Waals surface area (Å²) in [5.74, 6) is -0.707. The van der Waals surface area contributed by atoms with Gasteiger partial charge in [0.15, 0.2) is 0 Å². The molecule has 4 nitrogen and oxygen atoms in total. The monoisotopic (exact) mass is 169 g/mol. The zero-order valence-corrected chi connectivity index (χ0v) is 6.73. The summed E-state index contributed by atoms with van der Waals surface area (Å²) < 4.78 is 5.02. The van der Waals surface area contributed by atoms with Crippen LogP contribution >= 0.6 is 0 Å². The van der Waals surface area contributed by atoms with E-state index in [9.17, 15) is 4.79 Å². The summed E-state index contributed by atoms with van der Waals surface area (Å²) in [7, 11) is 0. The highest BCUT2D eigenvalue weighted by molar-refractivity contribution is 5.74. The van der Waals surface area contributed by atoms with Crippen molar-refractivity contribution in [2.45, 2.75) is 18.9 Å². The number of carbonyl (C=O) groups is 1. The fraction of sp³-hybridized carbons (Fsp3) is 0.375. The Morgan fingerprint density at radius 2 is 2.42 bits per heavy atom. The van der Waals surface area contributed by atoms with Crippen molar-refractivity contribution in [2.75, 3.05) is 0 Å². The number of nitrogens with two attached hydrogens (primary N) is 1. The van der Waals surface area contributed by atoms with Crippen molar-refractivity contribution in [3.63, 3.8) is 0 Å². The number of aliphatic carboxylic acids is 1. The lowest BCUT2D eigenvalue weighted by atomic mass is 10.0. The van der Waals surface area contributed by atoms with E-state index in [1.54, 1.807) is 19.1 Å². The first-order valence-corrected chi connectivity index (χ1v) is 3.64. The molecule has 0 aliphatic rings. The van der Waals surface area contributed by atoms with Gasteiger partial charge in [-0.05, 0) is 12.1 Å². The number of furan rings is 1. The van der Waals surface area contributed by atoms with Crippen molar-refractivity contribution in [3.8, 4) is 0 Å². The zero-order valence-electron chi connectivity index (χ0n) is 6.73. The van der Waals surface area contributed by atoms with Crippen LogP contribution in [0.3, 0.4) is 0 Å². The maximum absolute atomic E-state index is 10.5. The highest BCUT2D eigenvalue weighted by Crippen LogP contribution is 2.18. The van der Waals surface area contributed by atoms with E-state index in [1.807, 2.05) is 0 Å². The van der Waals surface area contributed by atoms with Gasteiger partial charge in [0.1, 0.15) is 11.8 Å². The largest absolute Gasteiger partial charge is 0.480 e. The minimum atomic E-state index is -1.01. The Morgan fingerprint density at radius 3 is 2.83 bits per heavy atom. The van der Waals surface area contributed by atoms with Gasteiger partial charge in [0.25, 0.3) is 0 Å². The van der Waals surface area contributed by atoms with Crippen molar-refractivity contribution in [1.29, 1.82) is 0 Å². The highest BCUT2D eigenvalue weighted by Gasteiger charge is 2.23. The van der Waals surface area contributed by atoms with Crippen LogP contribution in [0, 0.1) is 0 Å². The quantitative estimate of drug-likeness (QED) is 0.701. The molecule has 0 bridgehead atoms. The first kappa shape index (κ1) is 8.80.